The van der Waals surface area contributed by atoms with E-state index in [0.29, 0.717) is 36.6 Å². The number of hydrazone groups is 2. The van der Waals surface area contributed by atoms with Crippen molar-refractivity contribution in [2.24, 2.45) is 22.0 Å². The third-order valence-corrected chi connectivity index (χ3v) is 7.15. The summed E-state index contributed by atoms with van der Waals surface area (Å²) < 4.78 is 6.04. The maximum Gasteiger partial charge on any atom is 0.256 e. The third kappa shape index (κ3) is 4.49. The van der Waals surface area contributed by atoms with Crippen LogP contribution in [-0.4, -0.2) is 29.8 Å². The number of nitrogens with zero attached hydrogens (tertiary/aromatic N) is 4. The number of carbonyl (C=O) groups is 2. The van der Waals surface area contributed by atoms with E-state index in [4.69, 9.17) is 14.9 Å². The Kier molecular flexibility index (Phi) is 7.36. The van der Waals surface area contributed by atoms with Gasteiger partial charge in [0.15, 0.2) is 0 Å². The van der Waals surface area contributed by atoms with Gasteiger partial charge in [0.05, 0.1) is 41.2 Å². The molecule has 3 aromatic rings. The van der Waals surface area contributed by atoms with Gasteiger partial charge in [0.1, 0.15) is 5.75 Å². The van der Waals surface area contributed by atoms with Gasteiger partial charge in [-0.3, -0.25) is 9.59 Å². The van der Waals surface area contributed by atoms with E-state index in [-0.39, 0.29) is 11.8 Å². The molecule has 0 saturated heterocycles. The van der Waals surface area contributed by atoms with Crippen LogP contribution in [0.5, 0.6) is 5.75 Å². The van der Waals surface area contributed by atoms with Gasteiger partial charge in [-0.05, 0) is 55.7 Å². The van der Waals surface area contributed by atoms with Gasteiger partial charge in [0, 0.05) is 5.92 Å². The molecule has 2 atom stereocenters. The van der Waals surface area contributed by atoms with E-state index in [1.54, 1.807) is 0 Å². The highest BCUT2D eigenvalue weighted by atomic mass is 16.5. The Balaban J connectivity index is 1.65. The minimum absolute atomic E-state index is 0.147. The zero-order valence-corrected chi connectivity index (χ0v) is 21.9. The predicted molar refractivity (Wildman–Crippen MR) is 151 cm³/mol. The Morgan fingerprint density at radius 3 is 1.58 bits per heavy atom. The molecule has 5 rings (SSSR count). The second kappa shape index (κ2) is 11.0. The van der Waals surface area contributed by atoms with Gasteiger partial charge in [-0.25, -0.2) is 10.0 Å². The van der Waals surface area contributed by atoms with Crippen molar-refractivity contribution >= 4 is 34.6 Å². The van der Waals surface area contributed by atoms with Crippen molar-refractivity contribution in [3.05, 3.63) is 90.5 Å². The molecule has 2 aliphatic rings. The fourth-order valence-electron chi connectivity index (χ4n) is 5.43. The summed E-state index contributed by atoms with van der Waals surface area (Å²) in [7, 11) is 0. The molecule has 194 valence electrons. The zero-order valence-electron chi connectivity index (χ0n) is 21.9. The lowest BCUT2D eigenvalue weighted by molar-refractivity contribution is -0.122. The number of amides is 2. The monoisotopic (exact) mass is 508 g/mol. The molecule has 0 saturated carbocycles. The molecule has 0 radical (unpaired) electrons. The van der Waals surface area contributed by atoms with Crippen molar-refractivity contribution in [3.63, 3.8) is 0 Å². The van der Waals surface area contributed by atoms with E-state index < -0.39 is 17.8 Å². The Bertz CT molecular complexity index is 1290. The first-order chi connectivity index (χ1) is 18.6. The fourth-order valence-corrected chi connectivity index (χ4v) is 5.43. The average Bonchev–Trinajstić information content (AvgIpc) is 3.47. The van der Waals surface area contributed by atoms with Crippen molar-refractivity contribution < 1.29 is 14.3 Å². The molecule has 7 heteroatoms. The summed E-state index contributed by atoms with van der Waals surface area (Å²) in [5.74, 6) is -1.43. The predicted octanol–water partition coefficient (Wildman–Crippen LogP) is 6.03. The van der Waals surface area contributed by atoms with Crippen LogP contribution in [0.1, 0.15) is 45.1 Å². The highest BCUT2D eigenvalue weighted by molar-refractivity contribution is 6.20. The first-order valence-corrected chi connectivity index (χ1v) is 13.2. The van der Waals surface area contributed by atoms with Crippen LogP contribution in [0.2, 0.25) is 0 Å². The molecular weight excluding hydrogens is 476 g/mol. The van der Waals surface area contributed by atoms with Crippen molar-refractivity contribution in [2.45, 2.75) is 39.5 Å². The van der Waals surface area contributed by atoms with Gasteiger partial charge in [-0.1, -0.05) is 68.4 Å². The summed E-state index contributed by atoms with van der Waals surface area (Å²) in [5, 5.41) is 12.5. The number of anilines is 2. The summed E-state index contributed by atoms with van der Waals surface area (Å²) in [4.78, 5) is 28.3. The van der Waals surface area contributed by atoms with Gasteiger partial charge >= 0.3 is 0 Å². The lowest BCUT2D eigenvalue weighted by Gasteiger charge is -2.30. The van der Waals surface area contributed by atoms with Crippen LogP contribution in [-0.2, 0) is 9.59 Å². The van der Waals surface area contributed by atoms with Crippen LogP contribution in [0.4, 0.5) is 11.4 Å². The zero-order chi connectivity index (χ0) is 26.6. The van der Waals surface area contributed by atoms with Gasteiger partial charge in [-0.15, -0.1) is 0 Å². The molecule has 2 unspecified atom stereocenters. The normalized spacial score (nSPS) is 20.0. The molecule has 0 aromatic heterocycles. The van der Waals surface area contributed by atoms with Crippen molar-refractivity contribution in [2.75, 3.05) is 16.6 Å². The topological polar surface area (TPSA) is 74.6 Å². The van der Waals surface area contributed by atoms with Gasteiger partial charge in [0.25, 0.3) is 11.8 Å². The molecule has 2 amide bonds. The van der Waals surface area contributed by atoms with E-state index in [9.17, 15) is 9.59 Å². The molecular formula is C31H32N4O3. The molecule has 0 N–H and O–H groups in total. The smallest absolute Gasteiger partial charge is 0.256 e. The molecule has 0 fully saturated rings. The van der Waals surface area contributed by atoms with Gasteiger partial charge < -0.3 is 4.74 Å². The minimum atomic E-state index is -0.636. The number of carbonyl (C=O) groups excluding carboxylic acids is 2. The number of hydrogen-bond donors (Lipinski definition) is 0. The molecule has 0 aliphatic carbocycles. The molecule has 7 nitrogen and oxygen atoms in total. The summed E-state index contributed by atoms with van der Waals surface area (Å²) in [6.45, 7) is 6.40. The number of hydrogen-bond acceptors (Lipinski definition) is 5. The van der Waals surface area contributed by atoms with E-state index >= 15 is 0 Å². The van der Waals surface area contributed by atoms with Crippen LogP contribution in [0.15, 0.2) is 95.1 Å². The summed E-state index contributed by atoms with van der Waals surface area (Å²) in [6.07, 6.45) is 1.16. The second-order valence-corrected chi connectivity index (χ2v) is 9.31. The number of rotatable bonds is 9. The fraction of sp³-hybridized carbons (Fsp3) is 0.290. The number of benzene rings is 3. The average molecular weight is 509 g/mol. The Morgan fingerprint density at radius 1 is 0.684 bits per heavy atom. The standard InChI is InChI=1S/C31H32N4O3/c1-4-24-28(30(36)34(32-24)21-15-9-7-10-16-21)27(23-19-13-14-20-26(23)38-6-3)29-25(5-2)33-35(31(29)37)22-17-11-8-12-18-22/h7-20,27-29H,4-6H2,1-3H3. The molecule has 38 heavy (non-hydrogen) atoms. The maximum atomic E-state index is 14.2. The summed E-state index contributed by atoms with van der Waals surface area (Å²) in [6, 6.07) is 26.6. The van der Waals surface area contributed by atoms with Crippen LogP contribution < -0.4 is 14.8 Å². The van der Waals surface area contributed by atoms with Crippen molar-refractivity contribution in [1.82, 2.24) is 0 Å². The van der Waals surface area contributed by atoms with Crippen molar-refractivity contribution in [3.8, 4) is 5.75 Å². The Hall–Kier alpha value is -4.26. The quantitative estimate of drug-likeness (QED) is 0.354. The van der Waals surface area contributed by atoms with Crippen LogP contribution in [0, 0.1) is 11.8 Å². The maximum absolute atomic E-state index is 14.2. The lowest BCUT2D eigenvalue weighted by Crippen LogP contribution is -2.41. The molecule has 3 aromatic carbocycles. The SMILES string of the molecule is CCOc1ccccc1C(C1C(=O)N(c2ccccc2)N=C1CC)C1C(=O)N(c2ccccc2)N=C1CC. The Labute approximate surface area is 223 Å². The largest absolute Gasteiger partial charge is 0.494 e. The molecule has 2 heterocycles. The van der Waals surface area contributed by atoms with Gasteiger partial charge in [0.2, 0.25) is 0 Å². The first kappa shape index (κ1) is 25.4. The summed E-state index contributed by atoms with van der Waals surface area (Å²) >= 11 is 0. The van der Waals surface area contributed by atoms with Crippen molar-refractivity contribution in [1.29, 1.82) is 0 Å². The van der Waals surface area contributed by atoms with E-state index in [0.717, 1.165) is 17.0 Å². The Morgan fingerprint density at radius 2 is 1.13 bits per heavy atom. The molecule has 0 spiro atoms. The number of para-hydroxylation sites is 3. The minimum Gasteiger partial charge on any atom is -0.494 e. The third-order valence-electron chi connectivity index (χ3n) is 7.15. The molecule has 0 bridgehead atoms. The van der Waals surface area contributed by atoms with Crippen LogP contribution in [0.3, 0.4) is 0 Å². The van der Waals surface area contributed by atoms with E-state index in [1.165, 1.54) is 10.0 Å². The van der Waals surface area contributed by atoms with E-state index in [1.807, 2.05) is 106 Å². The highest BCUT2D eigenvalue weighted by Crippen LogP contribution is 2.46. The van der Waals surface area contributed by atoms with E-state index in [2.05, 4.69) is 0 Å². The van der Waals surface area contributed by atoms with Crippen LogP contribution in [0.25, 0.3) is 0 Å². The second-order valence-electron chi connectivity index (χ2n) is 9.31. The summed E-state index contributed by atoms with van der Waals surface area (Å²) in [5.41, 5.74) is 3.72. The lowest BCUT2D eigenvalue weighted by atomic mass is 9.71. The highest BCUT2D eigenvalue weighted by Gasteiger charge is 2.51. The molecule has 2 aliphatic heterocycles. The van der Waals surface area contributed by atoms with Gasteiger partial charge in [-0.2, -0.15) is 10.2 Å². The van der Waals surface area contributed by atoms with Crippen LogP contribution >= 0.6 is 0 Å². The number of ether oxygens (including phenoxy) is 1. The first-order valence-electron chi connectivity index (χ1n) is 13.2.